The van der Waals surface area contributed by atoms with Crippen LogP contribution in [0.3, 0.4) is 0 Å². The van der Waals surface area contributed by atoms with Gasteiger partial charge in [-0.15, -0.1) is 0 Å². The van der Waals surface area contributed by atoms with Gasteiger partial charge in [0.05, 0.1) is 22.1 Å². The van der Waals surface area contributed by atoms with Crippen LogP contribution in [0.25, 0.3) is 33.8 Å². The van der Waals surface area contributed by atoms with Crippen molar-refractivity contribution in [2.24, 2.45) is 0 Å². The number of hydrogen-bond donors (Lipinski definition) is 0. The number of hydrogen-bond acceptors (Lipinski definition) is 4. The summed E-state index contributed by atoms with van der Waals surface area (Å²) in [6.45, 7) is 0. The number of oxazole rings is 2. The Kier molecular flexibility index (Phi) is 4.15. The highest BCUT2D eigenvalue weighted by atomic mass is 28.3. The summed E-state index contributed by atoms with van der Waals surface area (Å²) in [4.78, 5) is 9.34. The van der Waals surface area contributed by atoms with E-state index in [-0.39, 0.29) is 0 Å². The third-order valence-corrected chi connectivity index (χ3v) is 12.1. The maximum absolute atomic E-state index is 5.60. The van der Waals surface area contributed by atoms with E-state index < -0.39 is 8.07 Å². The molecule has 0 unspecified atom stereocenters. The molecule has 0 fully saturated rings. The van der Waals surface area contributed by atoms with Gasteiger partial charge in [0.2, 0.25) is 0 Å². The molecule has 8 rings (SSSR count). The standard InChI is InChI=1S/C30H20N4O2Si/c1-3-7-21(8-4-1)37(22-9-5-2-6-10-22,23-11-13-25-27(19-23)33-15-17-35-29(33)31-25)24-12-14-26-28(20-24)34-16-18-36-30(34)32-26/h1-20H. The fourth-order valence-electron chi connectivity index (χ4n) is 5.74. The van der Waals surface area contributed by atoms with Crippen LogP contribution in [-0.2, 0) is 0 Å². The molecular formula is C30H20N4O2Si. The molecule has 37 heavy (non-hydrogen) atoms. The van der Waals surface area contributed by atoms with E-state index >= 15 is 0 Å². The second kappa shape index (κ2) is 7.56. The predicted octanol–water partition coefficient (Wildman–Crippen LogP) is 3.85. The summed E-state index contributed by atoms with van der Waals surface area (Å²) in [6.07, 6.45) is 7.21. The molecule has 4 aromatic carbocycles. The van der Waals surface area contributed by atoms with Crippen LogP contribution >= 0.6 is 0 Å². The van der Waals surface area contributed by atoms with Crippen LogP contribution in [0.15, 0.2) is 131 Å². The summed E-state index contributed by atoms with van der Waals surface area (Å²) in [5.41, 5.74) is 3.90. The molecule has 0 spiro atoms. The van der Waals surface area contributed by atoms with Gasteiger partial charge in [0.1, 0.15) is 12.5 Å². The minimum absolute atomic E-state index is 0.599. The summed E-state index contributed by atoms with van der Waals surface area (Å²) in [5.74, 6) is 1.20. The van der Waals surface area contributed by atoms with E-state index in [0.29, 0.717) is 11.7 Å². The molecule has 8 aromatic rings. The number of fused-ring (bicyclic) bond motifs is 6. The molecule has 0 atom stereocenters. The molecule has 4 aromatic heterocycles. The smallest absolute Gasteiger partial charge is 0.306 e. The molecule has 6 nitrogen and oxygen atoms in total. The van der Waals surface area contributed by atoms with Crippen molar-refractivity contribution >= 4 is 62.6 Å². The number of rotatable bonds is 4. The Balaban J connectivity index is 1.53. The fraction of sp³-hybridized carbons (Fsp3) is 0. The van der Waals surface area contributed by atoms with Crippen molar-refractivity contribution in [2.45, 2.75) is 0 Å². The van der Waals surface area contributed by atoms with E-state index in [9.17, 15) is 0 Å². The Hall–Kier alpha value is -4.88. The highest BCUT2D eigenvalue weighted by molar-refractivity contribution is 7.20. The number of imidazole rings is 2. The van der Waals surface area contributed by atoms with Gasteiger partial charge in [0, 0.05) is 12.4 Å². The van der Waals surface area contributed by atoms with Crippen LogP contribution in [0.1, 0.15) is 0 Å². The monoisotopic (exact) mass is 496 g/mol. The summed E-state index contributed by atoms with van der Waals surface area (Å²) in [5, 5.41) is 5.15. The van der Waals surface area contributed by atoms with Crippen LogP contribution < -0.4 is 20.7 Å². The zero-order valence-corrected chi connectivity index (χ0v) is 20.7. The maximum Gasteiger partial charge on any atom is 0.306 e. The van der Waals surface area contributed by atoms with Gasteiger partial charge >= 0.3 is 11.7 Å². The lowest BCUT2D eigenvalue weighted by Crippen LogP contribution is -2.74. The zero-order chi connectivity index (χ0) is 24.4. The lowest BCUT2D eigenvalue weighted by Gasteiger charge is -2.34. The second-order valence-corrected chi connectivity index (χ2v) is 13.0. The van der Waals surface area contributed by atoms with Gasteiger partial charge < -0.3 is 8.83 Å². The lowest BCUT2D eigenvalue weighted by molar-refractivity contribution is 0.596. The van der Waals surface area contributed by atoms with E-state index in [4.69, 9.17) is 8.83 Å². The molecule has 0 amide bonds. The van der Waals surface area contributed by atoms with Crippen molar-refractivity contribution < 1.29 is 8.83 Å². The first-order valence-corrected chi connectivity index (χ1v) is 14.1. The first kappa shape index (κ1) is 20.3. The Labute approximate surface area is 212 Å². The average Bonchev–Trinajstić information content (AvgIpc) is 3.72. The topological polar surface area (TPSA) is 60.9 Å². The highest BCUT2D eigenvalue weighted by Crippen LogP contribution is 2.21. The quantitative estimate of drug-likeness (QED) is 0.274. The summed E-state index contributed by atoms with van der Waals surface area (Å²) < 4.78 is 15.2. The van der Waals surface area contributed by atoms with Crippen LogP contribution in [0.5, 0.6) is 0 Å². The number of aromatic nitrogens is 4. The normalized spacial score (nSPS) is 12.3. The van der Waals surface area contributed by atoms with Crippen molar-refractivity contribution in [3.63, 3.8) is 0 Å². The van der Waals surface area contributed by atoms with Gasteiger partial charge in [-0.1, -0.05) is 72.8 Å². The van der Waals surface area contributed by atoms with Crippen molar-refractivity contribution in [3.05, 3.63) is 122 Å². The molecule has 0 N–H and O–H groups in total. The molecule has 176 valence electrons. The van der Waals surface area contributed by atoms with Gasteiger partial charge in [0.15, 0.2) is 8.07 Å². The maximum atomic E-state index is 5.60. The van der Waals surface area contributed by atoms with Gasteiger partial charge in [-0.25, -0.2) is 0 Å². The Bertz CT molecular complexity index is 1900. The highest BCUT2D eigenvalue weighted by Gasteiger charge is 2.42. The van der Waals surface area contributed by atoms with Gasteiger partial charge in [-0.05, 0) is 45.0 Å². The SMILES string of the molecule is c1ccc([Si](c2ccccc2)(c2ccc3nc4occn4c3c2)c2ccc3nc4occn4c3c2)cc1. The lowest BCUT2D eigenvalue weighted by atomic mass is 10.3. The fourth-order valence-corrected chi connectivity index (χ4v) is 10.5. The van der Waals surface area contributed by atoms with Crippen molar-refractivity contribution in [1.82, 2.24) is 18.8 Å². The molecule has 0 radical (unpaired) electrons. The van der Waals surface area contributed by atoms with Crippen molar-refractivity contribution in [3.8, 4) is 0 Å². The van der Waals surface area contributed by atoms with Crippen LogP contribution in [0, 0.1) is 0 Å². The molecule has 0 saturated heterocycles. The minimum Gasteiger partial charge on any atom is -0.432 e. The van der Waals surface area contributed by atoms with E-state index in [0.717, 1.165) is 22.1 Å². The van der Waals surface area contributed by atoms with Gasteiger partial charge in [-0.2, -0.15) is 9.97 Å². The van der Waals surface area contributed by atoms with Crippen LogP contribution in [0.4, 0.5) is 0 Å². The zero-order valence-electron chi connectivity index (χ0n) is 19.7. The summed E-state index contributed by atoms with van der Waals surface area (Å²) in [6, 6.07) is 35.1. The second-order valence-electron chi connectivity index (χ2n) is 9.22. The largest absolute Gasteiger partial charge is 0.432 e. The summed E-state index contributed by atoms with van der Waals surface area (Å²) >= 11 is 0. The van der Waals surface area contributed by atoms with Crippen LogP contribution in [0.2, 0.25) is 0 Å². The molecule has 0 aliphatic rings. The molecule has 7 heteroatoms. The summed E-state index contributed by atoms with van der Waals surface area (Å²) in [7, 11) is -2.76. The molecule has 0 aliphatic heterocycles. The number of nitrogens with zero attached hydrogens (tertiary/aromatic N) is 4. The number of benzene rings is 4. The van der Waals surface area contributed by atoms with Gasteiger partial charge in [0.25, 0.3) is 0 Å². The minimum atomic E-state index is -2.76. The van der Waals surface area contributed by atoms with E-state index in [1.807, 2.05) is 21.2 Å². The predicted molar refractivity (Wildman–Crippen MR) is 147 cm³/mol. The Morgan fingerprint density at radius 1 is 0.514 bits per heavy atom. The third kappa shape index (κ3) is 2.80. The Morgan fingerprint density at radius 2 is 0.973 bits per heavy atom. The van der Waals surface area contributed by atoms with E-state index in [1.165, 1.54) is 20.7 Å². The average molecular weight is 497 g/mol. The van der Waals surface area contributed by atoms with Crippen molar-refractivity contribution in [2.75, 3.05) is 0 Å². The third-order valence-electron chi connectivity index (χ3n) is 7.36. The first-order chi connectivity index (χ1) is 18.3. The molecule has 0 bridgehead atoms. The van der Waals surface area contributed by atoms with E-state index in [1.54, 1.807) is 12.5 Å². The molecule has 4 heterocycles. The van der Waals surface area contributed by atoms with Crippen LogP contribution in [-0.4, -0.2) is 26.8 Å². The van der Waals surface area contributed by atoms with E-state index in [2.05, 4.69) is 107 Å². The molecule has 0 aliphatic carbocycles. The van der Waals surface area contributed by atoms with Gasteiger partial charge in [-0.3, -0.25) is 8.80 Å². The molecular weight excluding hydrogens is 476 g/mol. The first-order valence-electron chi connectivity index (χ1n) is 12.1. The Morgan fingerprint density at radius 3 is 1.43 bits per heavy atom. The van der Waals surface area contributed by atoms with Crippen molar-refractivity contribution in [1.29, 1.82) is 0 Å². The molecule has 0 saturated carbocycles.